The molecule has 6 heteroatoms. The number of amides is 2. The Labute approximate surface area is 170 Å². The minimum Gasteiger partial charge on any atom is -0.349 e. The highest BCUT2D eigenvalue weighted by Crippen LogP contribution is 2.33. The maximum atomic E-state index is 13.6. The summed E-state index contributed by atoms with van der Waals surface area (Å²) in [6.45, 7) is 6.10. The molecular weight excluding hydrogens is 364 g/mol. The van der Waals surface area contributed by atoms with E-state index < -0.39 is 11.6 Å². The largest absolute Gasteiger partial charge is 0.349 e. The van der Waals surface area contributed by atoms with E-state index >= 15 is 0 Å². The first kappa shape index (κ1) is 18.9. The molecule has 0 fully saturated rings. The van der Waals surface area contributed by atoms with Crippen LogP contribution < -0.4 is 5.32 Å². The van der Waals surface area contributed by atoms with Gasteiger partial charge in [-0.1, -0.05) is 42.5 Å². The normalized spacial score (nSPS) is 16.0. The lowest BCUT2D eigenvalue weighted by atomic mass is 10.0. The molecule has 0 aliphatic carbocycles. The quantitative estimate of drug-likeness (QED) is 0.747. The number of para-hydroxylation sites is 1. The predicted molar refractivity (Wildman–Crippen MR) is 111 cm³/mol. The predicted octanol–water partition coefficient (Wildman–Crippen LogP) is 3.48. The topological polar surface area (TPSA) is 67.2 Å². The van der Waals surface area contributed by atoms with Gasteiger partial charge in [0.25, 0.3) is 5.91 Å². The molecule has 0 saturated heterocycles. The lowest BCUT2D eigenvalue weighted by molar-refractivity contribution is -0.127. The smallest absolute Gasteiger partial charge is 0.257 e. The summed E-state index contributed by atoms with van der Waals surface area (Å²) in [5.74, 6) is -0.404. The Hall–Kier alpha value is -3.41. The van der Waals surface area contributed by atoms with Gasteiger partial charge in [0.2, 0.25) is 5.91 Å². The Bertz CT molecular complexity index is 1050. The fourth-order valence-corrected chi connectivity index (χ4v) is 3.66. The Kier molecular flexibility index (Phi) is 4.70. The number of imidazole rings is 1. The zero-order chi connectivity index (χ0) is 20.6. The zero-order valence-corrected chi connectivity index (χ0v) is 16.8. The molecule has 0 spiro atoms. The highest BCUT2D eigenvalue weighted by molar-refractivity contribution is 6.01. The van der Waals surface area contributed by atoms with Crippen molar-refractivity contribution >= 4 is 11.8 Å². The van der Waals surface area contributed by atoms with Crippen molar-refractivity contribution in [3.63, 3.8) is 0 Å². The summed E-state index contributed by atoms with van der Waals surface area (Å²) in [6, 6.07) is 16.3. The summed E-state index contributed by atoms with van der Waals surface area (Å²) >= 11 is 0. The highest BCUT2D eigenvalue weighted by Gasteiger charge is 2.39. The van der Waals surface area contributed by atoms with E-state index in [1.54, 1.807) is 23.5 Å². The van der Waals surface area contributed by atoms with Crippen LogP contribution in [0, 0.1) is 0 Å². The molecule has 2 aromatic carbocycles. The van der Waals surface area contributed by atoms with Crippen molar-refractivity contribution in [3.8, 4) is 5.69 Å². The number of hydrogen-bond donors (Lipinski definition) is 1. The minimum absolute atomic E-state index is 0.179. The molecule has 2 amide bonds. The van der Waals surface area contributed by atoms with Gasteiger partial charge in [-0.3, -0.25) is 14.2 Å². The molecule has 1 unspecified atom stereocenters. The lowest BCUT2D eigenvalue weighted by Crippen LogP contribution is -2.49. The molecule has 1 aliphatic rings. The van der Waals surface area contributed by atoms with Gasteiger partial charge in [0, 0.05) is 12.1 Å². The van der Waals surface area contributed by atoms with E-state index in [-0.39, 0.29) is 11.8 Å². The summed E-state index contributed by atoms with van der Waals surface area (Å²) in [5.41, 5.74) is 2.48. The van der Waals surface area contributed by atoms with Crippen LogP contribution in [-0.4, -0.2) is 31.8 Å². The first-order valence-electron chi connectivity index (χ1n) is 9.64. The average Bonchev–Trinajstić information content (AvgIpc) is 3.12. The van der Waals surface area contributed by atoms with Crippen molar-refractivity contribution in [2.45, 2.75) is 38.9 Å². The third kappa shape index (κ3) is 3.66. The van der Waals surface area contributed by atoms with Crippen LogP contribution in [-0.2, 0) is 11.3 Å². The van der Waals surface area contributed by atoms with Gasteiger partial charge >= 0.3 is 0 Å². The van der Waals surface area contributed by atoms with Crippen molar-refractivity contribution in [3.05, 3.63) is 83.9 Å². The summed E-state index contributed by atoms with van der Waals surface area (Å²) in [5, 5.41) is 3.04. The second kappa shape index (κ2) is 7.20. The van der Waals surface area contributed by atoms with Crippen LogP contribution in [0.1, 0.15) is 48.4 Å². The van der Waals surface area contributed by atoms with Gasteiger partial charge in [0.15, 0.2) is 6.04 Å². The number of aromatic nitrogens is 2. The van der Waals surface area contributed by atoms with Gasteiger partial charge in [-0.15, -0.1) is 0 Å². The van der Waals surface area contributed by atoms with Crippen LogP contribution >= 0.6 is 0 Å². The van der Waals surface area contributed by atoms with Crippen LogP contribution in [0.25, 0.3) is 5.69 Å². The molecule has 0 saturated carbocycles. The molecule has 2 heterocycles. The van der Waals surface area contributed by atoms with Gasteiger partial charge in [-0.2, -0.15) is 0 Å². The summed E-state index contributed by atoms with van der Waals surface area (Å²) in [6.07, 6.45) is 3.32. The molecule has 4 rings (SSSR count). The molecule has 3 aromatic rings. The standard InChI is InChI=1S/C23H24N4O2/c1-23(2,3)25-21(28)20-19-13-24-15-27(19)18-12-8-7-11-17(18)22(29)26(20)14-16-9-5-4-6-10-16/h4-13,15,20H,14H2,1-3H3,(H,25,28). The molecule has 0 bridgehead atoms. The molecule has 1 aromatic heterocycles. The Morgan fingerprint density at radius 1 is 1.07 bits per heavy atom. The summed E-state index contributed by atoms with van der Waals surface area (Å²) < 4.78 is 1.84. The third-order valence-electron chi connectivity index (χ3n) is 4.86. The number of carbonyl (C=O) groups is 2. The van der Waals surface area contributed by atoms with Crippen molar-refractivity contribution in [1.29, 1.82) is 0 Å². The van der Waals surface area contributed by atoms with Crippen molar-refractivity contribution in [2.24, 2.45) is 0 Å². The molecule has 29 heavy (non-hydrogen) atoms. The highest BCUT2D eigenvalue weighted by atomic mass is 16.2. The average molecular weight is 388 g/mol. The molecule has 1 atom stereocenters. The molecule has 148 valence electrons. The number of fused-ring (bicyclic) bond motifs is 3. The number of hydrogen-bond acceptors (Lipinski definition) is 3. The van der Waals surface area contributed by atoms with E-state index in [1.807, 2.05) is 73.9 Å². The fourth-order valence-electron chi connectivity index (χ4n) is 3.66. The SMILES string of the molecule is CC(C)(C)NC(=O)C1c2cncn2-c2ccccc2C(=O)N1Cc1ccccc1. The minimum atomic E-state index is -0.795. The van der Waals surface area contributed by atoms with E-state index in [9.17, 15) is 9.59 Å². The van der Waals surface area contributed by atoms with Crippen LogP contribution in [0.3, 0.4) is 0 Å². The monoisotopic (exact) mass is 388 g/mol. The van der Waals surface area contributed by atoms with Crippen molar-refractivity contribution in [2.75, 3.05) is 0 Å². The number of nitrogens with zero attached hydrogens (tertiary/aromatic N) is 3. The van der Waals surface area contributed by atoms with Crippen molar-refractivity contribution in [1.82, 2.24) is 19.8 Å². The molecule has 6 nitrogen and oxygen atoms in total. The fraction of sp³-hybridized carbons (Fsp3) is 0.261. The van der Waals surface area contributed by atoms with E-state index in [4.69, 9.17) is 0 Å². The van der Waals surface area contributed by atoms with E-state index in [1.165, 1.54) is 0 Å². The van der Waals surface area contributed by atoms with Crippen LogP contribution in [0.4, 0.5) is 0 Å². The van der Waals surface area contributed by atoms with Crippen LogP contribution in [0.5, 0.6) is 0 Å². The zero-order valence-electron chi connectivity index (χ0n) is 16.8. The second-order valence-electron chi connectivity index (χ2n) is 8.27. The van der Waals surface area contributed by atoms with Gasteiger partial charge in [-0.25, -0.2) is 4.98 Å². The first-order valence-corrected chi connectivity index (χ1v) is 9.64. The van der Waals surface area contributed by atoms with Crippen LogP contribution in [0.15, 0.2) is 67.1 Å². The Balaban J connectivity index is 1.87. The lowest BCUT2D eigenvalue weighted by Gasteiger charge is -2.32. The van der Waals surface area contributed by atoms with Gasteiger partial charge in [0.05, 0.1) is 29.5 Å². The van der Waals surface area contributed by atoms with Crippen LogP contribution in [0.2, 0.25) is 0 Å². The van der Waals surface area contributed by atoms with E-state index in [2.05, 4.69) is 10.3 Å². The number of nitrogens with one attached hydrogen (secondary N) is 1. The van der Waals surface area contributed by atoms with Gasteiger partial charge in [-0.05, 0) is 38.5 Å². The molecule has 1 aliphatic heterocycles. The maximum absolute atomic E-state index is 13.6. The first-order chi connectivity index (χ1) is 13.8. The summed E-state index contributed by atoms with van der Waals surface area (Å²) in [4.78, 5) is 32.9. The maximum Gasteiger partial charge on any atom is 0.257 e. The molecular formula is C23H24N4O2. The van der Waals surface area contributed by atoms with Gasteiger partial charge in [0.1, 0.15) is 0 Å². The number of carbonyl (C=O) groups excluding carboxylic acids is 2. The van der Waals surface area contributed by atoms with E-state index in [0.29, 0.717) is 17.8 Å². The molecule has 0 radical (unpaired) electrons. The van der Waals surface area contributed by atoms with E-state index in [0.717, 1.165) is 11.3 Å². The molecule has 1 N–H and O–H groups in total. The number of rotatable bonds is 3. The third-order valence-corrected chi connectivity index (χ3v) is 4.86. The number of benzene rings is 2. The Morgan fingerprint density at radius 2 is 1.76 bits per heavy atom. The summed E-state index contributed by atoms with van der Waals surface area (Å²) in [7, 11) is 0. The van der Waals surface area contributed by atoms with Gasteiger partial charge < -0.3 is 10.2 Å². The second-order valence-corrected chi connectivity index (χ2v) is 8.27. The van der Waals surface area contributed by atoms with Crippen molar-refractivity contribution < 1.29 is 9.59 Å². The Morgan fingerprint density at radius 3 is 2.48 bits per heavy atom.